The zero-order valence-corrected chi connectivity index (χ0v) is 8.32. The maximum atomic E-state index is 5.47. The molecular weight excluding hydrogens is 176 g/mol. The van der Waals surface area contributed by atoms with Crippen LogP contribution in [0.1, 0.15) is 12.0 Å². The number of rotatable bonds is 4. The molecule has 0 aromatic heterocycles. The summed E-state index contributed by atoms with van der Waals surface area (Å²) in [7, 11) is 1.73. The largest absolute Gasteiger partial charge is 0.464 e. The van der Waals surface area contributed by atoms with Gasteiger partial charge >= 0.3 is 0 Å². The van der Waals surface area contributed by atoms with Gasteiger partial charge in [-0.15, -0.1) is 0 Å². The SMILES string of the molecule is COCCCc1ccc2cccoc1-2. The molecule has 1 aliphatic heterocycles. The fourth-order valence-corrected chi connectivity index (χ4v) is 1.66. The fourth-order valence-electron chi connectivity index (χ4n) is 1.66. The van der Waals surface area contributed by atoms with Crippen LogP contribution >= 0.6 is 0 Å². The Morgan fingerprint density at radius 2 is 2.21 bits per heavy atom. The topological polar surface area (TPSA) is 22.4 Å². The number of fused-ring (bicyclic) bond motifs is 1. The van der Waals surface area contributed by atoms with Crippen molar-refractivity contribution >= 4 is 0 Å². The van der Waals surface area contributed by atoms with Gasteiger partial charge in [0, 0.05) is 19.3 Å². The molecule has 2 aliphatic rings. The molecule has 0 aromatic carbocycles. The van der Waals surface area contributed by atoms with Crippen LogP contribution in [-0.4, -0.2) is 13.7 Å². The quantitative estimate of drug-likeness (QED) is 0.691. The molecule has 0 saturated heterocycles. The summed E-state index contributed by atoms with van der Waals surface area (Å²) in [5.41, 5.74) is 2.46. The van der Waals surface area contributed by atoms with E-state index in [9.17, 15) is 0 Å². The molecule has 2 heteroatoms. The molecule has 0 bridgehead atoms. The van der Waals surface area contributed by atoms with Crippen LogP contribution in [0.3, 0.4) is 0 Å². The van der Waals surface area contributed by atoms with E-state index in [0.29, 0.717) is 0 Å². The van der Waals surface area contributed by atoms with Gasteiger partial charge in [0.2, 0.25) is 0 Å². The molecule has 0 saturated carbocycles. The van der Waals surface area contributed by atoms with E-state index in [1.165, 1.54) is 11.1 Å². The number of methoxy groups -OCH3 is 1. The number of hydrogen-bond donors (Lipinski definition) is 0. The van der Waals surface area contributed by atoms with Gasteiger partial charge in [0.15, 0.2) is 0 Å². The Labute approximate surface area is 83.8 Å². The maximum Gasteiger partial charge on any atom is 0.136 e. The molecule has 14 heavy (non-hydrogen) atoms. The van der Waals surface area contributed by atoms with Crippen LogP contribution in [-0.2, 0) is 11.2 Å². The standard InChI is InChI=1S/C12H14O2/c1-13-8-2-4-10-6-7-11-5-3-9-14-12(10)11/h3,5-7,9H,2,4,8H2,1H3. The number of ether oxygens (including phenoxy) is 1. The van der Waals surface area contributed by atoms with Gasteiger partial charge in [0.1, 0.15) is 5.76 Å². The summed E-state index contributed by atoms with van der Waals surface area (Å²) in [6.45, 7) is 0.805. The lowest BCUT2D eigenvalue weighted by Gasteiger charge is -2.02. The Bertz CT molecular complexity index is 365. The Hall–Kier alpha value is -1.28. The van der Waals surface area contributed by atoms with E-state index >= 15 is 0 Å². The summed E-state index contributed by atoms with van der Waals surface area (Å²) in [6.07, 6.45) is 3.78. The predicted octanol–water partition coefficient (Wildman–Crippen LogP) is 2.96. The molecule has 0 N–H and O–H groups in total. The van der Waals surface area contributed by atoms with Gasteiger partial charge in [0.05, 0.1) is 6.26 Å². The molecule has 0 atom stereocenters. The second-order valence-corrected chi connectivity index (χ2v) is 3.35. The van der Waals surface area contributed by atoms with Crippen molar-refractivity contribution in [2.45, 2.75) is 12.8 Å². The molecule has 0 unspecified atom stereocenters. The minimum Gasteiger partial charge on any atom is -0.464 e. The van der Waals surface area contributed by atoms with Crippen molar-refractivity contribution in [3.05, 3.63) is 36.1 Å². The van der Waals surface area contributed by atoms with Crippen molar-refractivity contribution in [2.24, 2.45) is 0 Å². The van der Waals surface area contributed by atoms with Gasteiger partial charge in [-0.1, -0.05) is 12.1 Å². The smallest absolute Gasteiger partial charge is 0.136 e. The molecule has 2 rings (SSSR count). The summed E-state index contributed by atoms with van der Waals surface area (Å²) >= 11 is 0. The minimum atomic E-state index is 0.805. The van der Waals surface area contributed by atoms with Gasteiger partial charge < -0.3 is 9.15 Å². The lowest BCUT2D eigenvalue weighted by atomic mass is 10.1. The van der Waals surface area contributed by atoms with Crippen LogP contribution < -0.4 is 0 Å². The van der Waals surface area contributed by atoms with Crippen molar-refractivity contribution in [3.8, 4) is 11.3 Å². The van der Waals surface area contributed by atoms with E-state index in [4.69, 9.17) is 9.15 Å². The van der Waals surface area contributed by atoms with Crippen LogP contribution in [0.2, 0.25) is 0 Å². The van der Waals surface area contributed by atoms with Gasteiger partial charge in [0.25, 0.3) is 0 Å². The van der Waals surface area contributed by atoms with E-state index in [1.807, 2.05) is 6.07 Å². The van der Waals surface area contributed by atoms with Crippen molar-refractivity contribution in [1.29, 1.82) is 0 Å². The third-order valence-corrected chi connectivity index (χ3v) is 2.35. The Kier molecular flexibility index (Phi) is 2.84. The second kappa shape index (κ2) is 4.29. The second-order valence-electron chi connectivity index (χ2n) is 3.35. The molecule has 0 spiro atoms. The van der Waals surface area contributed by atoms with Crippen molar-refractivity contribution in [2.75, 3.05) is 13.7 Å². The third-order valence-electron chi connectivity index (χ3n) is 2.35. The third kappa shape index (κ3) is 1.80. The summed E-state index contributed by atoms with van der Waals surface area (Å²) in [5, 5.41) is 0. The van der Waals surface area contributed by atoms with Crippen molar-refractivity contribution < 1.29 is 9.15 Å². The van der Waals surface area contributed by atoms with E-state index in [0.717, 1.165) is 25.2 Å². The van der Waals surface area contributed by atoms with Crippen LogP contribution in [0.4, 0.5) is 0 Å². The van der Waals surface area contributed by atoms with Crippen molar-refractivity contribution in [3.63, 3.8) is 0 Å². The number of hydrogen-bond acceptors (Lipinski definition) is 2. The van der Waals surface area contributed by atoms with Crippen LogP contribution in [0.5, 0.6) is 0 Å². The molecule has 0 radical (unpaired) electrons. The molecule has 0 fully saturated rings. The van der Waals surface area contributed by atoms with E-state index in [-0.39, 0.29) is 0 Å². The van der Waals surface area contributed by atoms with Gasteiger partial charge in [-0.25, -0.2) is 0 Å². The highest BCUT2D eigenvalue weighted by Crippen LogP contribution is 2.28. The maximum absolute atomic E-state index is 5.47. The minimum absolute atomic E-state index is 0.805. The monoisotopic (exact) mass is 190 g/mol. The molecule has 1 heterocycles. The summed E-state index contributed by atoms with van der Waals surface area (Å²) in [4.78, 5) is 0. The lowest BCUT2D eigenvalue weighted by molar-refractivity contribution is 0.195. The Balaban J connectivity index is 2.11. The van der Waals surface area contributed by atoms with Gasteiger partial charge in [-0.05, 0) is 30.5 Å². The molecular formula is C12H14O2. The lowest BCUT2D eigenvalue weighted by Crippen LogP contribution is -1.92. The normalized spacial score (nSPS) is 10.9. The van der Waals surface area contributed by atoms with Crippen LogP contribution in [0.25, 0.3) is 11.3 Å². The summed E-state index contributed by atoms with van der Waals surface area (Å²) in [5.74, 6) is 1.02. The van der Waals surface area contributed by atoms with Gasteiger partial charge in [-0.3, -0.25) is 0 Å². The Morgan fingerprint density at radius 3 is 3.07 bits per heavy atom. The van der Waals surface area contributed by atoms with Gasteiger partial charge in [-0.2, -0.15) is 0 Å². The molecule has 0 aromatic rings. The molecule has 2 nitrogen and oxygen atoms in total. The van der Waals surface area contributed by atoms with Crippen LogP contribution in [0, 0.1) is 0 Å². The molecule has 74 valence electrons. The fraction of sp³-hybridized carbons (Fsp3) is 0.333. The highest BCUT2D eigenvalue weighted by Gasteiger charge is 2.10. The first-order valence-electron chi connectivity index (χ1n) is 4.86. The first kappa shape index (κ1) is 9.28. The molecule has 1 aliphatic carbocycles. The average molecular weight is 190 g/mol. The van der Waals surface area contributed by atoms with E-state index < -0.39 is 0 Å². The predicted molar refractivity (Wildman–Crippen MR) is 55.5 cm³/mol. The summed E-state index contributed by atoms with van der Waals surface area (Å²) < 4.78 is 10.5. The highest BCUT2D eigenvalue weighted by molar-refractivity contribution is 5.64. The number of aryl methyl sites for hydroxylation is 1. The first-order chi connectivity index (χ1) is 6.92. The zero-order chi connectivity index (χ0) is 9.80. The summed E-state index contributed by atoms with van der Waals surface area (Å²) in [6, 6.07) is 8.21. The van der Waals surface area contributed by atoms with E-state index in [1.54, 1.807) is 13.4 Å². The zero-order valence-electron chi connectivity index (χ0n) is 8.32. The Morgan fingerprint density at radius 1 is 1.29 bits per heavy atom. The molecule has 0 amide bonds. The van der Waals surface area contributed by atoms with Crippen LogP contribution in [0.15, 0.2) is 34.9 Å². The van der Waals surface area contributed by atoms with E-state index in [2.05, 4.69) is 18.2 Å². The highest BCUT2D eigenvalue weighted by atomic mass is 16.5. The first-order valence-corrected chi connectivity index (χ1v) is 4.86. The average Bonchev–Trinajstić information content (AvgIpc) is 2.63. The van der Waals surface area contributed by atoms with Crippen molar-refractivity contribution in [1.82, 2.24) is 0 Å².